The molecule has 3 aromatic rings. The number of carbonyl (C=O) groups excluding carboxylic acids is 1. The van der Waals surface area contributed by atoms with Crippen LogP contribution in [0.5, 0.6) is 0 Å². The van der Waals surface area contributed by atoms with Crippen molar-refractivity contribution in [1.29, 1.82) is 0 Å². The Hall–Kier alpha value is -2.29. The van der Waals surface area contributed by atoms with Gasteiger partial charge in [0.2, 0.25) is 0 Å². The molecule has 1 amide bonds. The SMILES string of the molecule is C#CCn1c(=NC(=O)c2cccc(SC)c2)sc2cc(C)c(C)cc21. The van der Waals surface area contributed by atoms with Crippen LogP contribution in [0.3, 0.4) is 0 Å². The van der Waals surface area contributed by atoms with E-state index in [4.69, 9.17) is 6.42 Å². The Morgan fingerprint density at radius 1 is 1.28 bits per heavy atom. The molecule has 0 fully saturated rings. The van der Waals surface area contributed by atoms with E-state index in [0.717, 1.165) is 15.1 Å². The van der Waals surface area contributed by atoms with Gasteiger partial charge in [0.15, 0.2) is 4.80 Å². The Balaban J connectivity index is 2.16. The van der Waals surface area contributed by atoms with Gasteiger partial charge < -0.3 is 4.57 Å². The average Bonchev–Trinajstić information content (AvgIpc) is 2.92. The van der Waals surface area contributed by atoms with Gasteiger partial charge in [-0.25, -0.2) is 0 Å². The maximum atomic E-state index is 12.6. The Morgan fingerprint density at radius 3 is 2.76 bits per heavy atom. The van der Waals surface area contributed by atoms with Crippen LogP contribution in [0.25, 0.3) is 10.2 Å². The molecule has 0 aliphatic rings. The van der Waals surface area contributed by atoms with Crippen LogP contribution in [0.1, 0.15) is 21.5 Å². The van der Waals surface area contributed by atoms with Crippen LogP contribution in [0.2, 0.25) is 0 Å². The second-order valence-corrected chi connectivity index (χ2v) is 7.62. The maximum Gasteiger partial charge on any atom is 0.279 e. The first kappa shape index (κ1) is 17.5. The molecule has 0 saturated heterocycles. The lowest BCUT2D eigenvalue weighted by Gasteiger charge is -2.03. The number of benzene rings is 2. The van der Waals surface area contributed by atoms with Gasteiger partial charge in [0, 0.05) is 10.5 Å². The van der Waals surface area contributed by atoms with E-state index in [0.29, 0.717) is 16.9 Å². The topological polar surface area (TPSA) is 34.4 Å². The van der Waals surface area contributed by atoms with Crippen molar-refractivity contribution in [2.24, 2.45) is 4.99 Å². The molecule has 5 heteroatoms. The number of fused-ring (bicyclic) bond motifs is 1. The van der Waals surface area contributed by atoms with Crippen molar-refractivity contribution in [2.75, 3.05) is 6.26 Å². The molecule has 1 heterocycles. The monoisotopic (exact) mass is 366 g/mol. The average molecular weight is 367 g/mol. The number of aromatic nitrogens is 1. The highest BCUT2D eigenvalue weighted by Crippen LogP contribution is 2.22. The van der Waals surface area contributed by atoms with E-state index >= 15 is 0 Å². The molecule has 0 aliphatic carbocycles. The minimum absolute atomic E-state index is 0.248. The van der Waals surface area contributed by atoms with Gasteiger partial charge in [0.1, 0.15) is 0 Å². The Bertz CT molecular complexity index is 1070. The van der Waals surface area contributed by atoms with Gasteiger partial charge in [0.05, 0.1) is 16.8 Å². The third-order valence-electron chi connectivity index (χ3n) is 4.06. The van der Waals surface area contributed by atoms with Crippen LogP contribution in [-0.2, 0) is 6.54 Å². The van der Waals surface area contributed by atoms with E-state index < -0.39 is 0 Å². The number of amides is 1. The van der Waals surface area contributed by atoms with Crippen molar-refractivity contribution in [3.05, 3.63) is 57.9 Å². The number of terminal acetylenes is 1. The molecular weight excluding hydrogens is 348 g/mol. The fourth-order valence-corrected chi connectivity index (χ4v) is 4.13. The van der Waals surface area contributed by atoms with Crippen molar-refractivity contribution in [3.8, 4) is 12.3 Å². The number of thioether (sulfide) groups is 1. The van der Waals surface area contributed by atoms with Crippen LogP contribution >= 0.6 is 23.1 Å². The van der Waals surface area contributed by atoms with Crippen LogP contribution in [0.4, 0.5) is 0 Å². The largest absolute Gasteiger partial charge is 0.305 e. The molecular formula is C20H18N2OS2. The molecule has 0 saturated carbocycles. The standard InChI is InChI=1S/C20H18N2OS2/c1-5-9-22-17-10-13(2)14(3)11-18(17)25-20(22)21-19(23)15-7-6-8-16(12-15)24-4/h1,6-8,10-12H,9H2,2-4H3. The molecule has 126 valence electrons. The smallest absolute Gasteiger partial charge is 0.279 e. The van der Waals surface area contributed by atoms with E-state index in [1.54, 1.807) is 17.8 Å². The number of hydrogen-bond donors (Lipinski definition) is 0. The predicted molar refractivity (Wildman–Crippen MR) is 106 cm³/mol. The third kappa shape index (κ3) is 3.55. The molecule has 25 heavy (non-hydrogen) atoms. The summed E-state index contributed by atoms with van der Waals surface area (Å²) >= 11 is 3.10. The predicted octanol–water partition coefficient (Wildman–Crippen LogP) is 4.42. The van der Waals surface area contributed by atoms with E-state index in [-0.39, 0.29) is 5.91 Å². The summed E-state index contributed by atoms with van der Waals surface area (Å²) in [5.41, 5.74) is 4.02. The van der Waals surface area contributed by atoms with E-state index in [9.17, 15) is 4.79 Å². The fourth-order valence-electron chi connectivity index (χ4n) is 2.56. The zero-order chi connectivity index (χ0) is 18.0. The van der Waals surface area contributed by atoms with Gasteiger partial charge in [-0.15, -0.1) is 18.2 Å². The van der Waals surface area contributed by atoms with Crippen molar-refractivity contribution < 1.29 is 4.79 Å². The molecule has 3 rings (SSSR count). The first-order valence-electron chi connectivity index (χ1n) is 7.80. The van der Waals surface area contributed by atoms with Crippen LogP contribution in [0.15, 0.2) is 46.3 Å². The molecule has 1 aromatic heterocycles. The first-order chi connectivity index (χ1) is 12.0. The zero-order valence-electron chi connectivity index (χ0n) is 14.4. The number of carbonyl (C=O) groups is 1. The zero-order valence-corrected chi connectivity index (χ0v) is 16.0. The van der Waals surface area contributed by atoms with Gasteiger partial charge in [-0.05, 0) is 61.6 Å². The van der Waals surface area contributed by atoms with Crippen molar-refractivity contribution in [2.45, 2.75) is 25.3 Å². The minimum atomic E-state index is -0.248. The molecule has 0 radical (unpaired) electrons. The Kier molecular flexibility index (Phi) is 5.12. The summed E-state index contributed by atoms with van der Waals surface area (Å²) in [6.07, 6.45) is 7.52. The molecule has 0 spiro atoms. The molecule has 0 N–H and O–H groups in total. The number of aryl methyl sites for hydroxylation is 2. The number of rotatable bonds is 3. The van der Waals surface area contributed by atoms with Crippen LogP contribution < -0.4 is 4.80 Å². The van der Waals surface area contributed by atoms with E-state index in [1.165, 1.54) is 22.5 Å². The van der Waals surface area contributed by atoms with Crippen LogP contribution in [-0.4, -0.2) is 16.7 Å². The van der Waals surface area contributed by atoms with Gasteiger partial charge in [-0.1, -0.05) is 23.3 Å². The van der Waals surface area contributed by atoms with Gasteiger partial charge >= 0.3 is 0 Å². The van der Waals surface area contributed by atoms with Gasteiger partial charge in [0.25, 0.3) is 5.91 Å². The second-order valence-electron chi connectivity index (χ2n) is 5.73. The summed E-state index contributed by atoms with van der Waals surface area (Å²) in [4.78, 5) is 18.7. The van der Waals surface area contributed by atoms with E-state index in [1.807, 2.05) is 29.0 Å². The quantitative estimate of drug-likeness (QED) is 0.508. The molecule has 3 nitrogen and oxygen atoms in total. The molecule has 2 aromatic carbocycles. The highest BCUT2D eigenvalue weighted by atomic mass is 32.2. The van der Waals surface area contributed by atoms with Gasteiger partial charge in [-0.2, -0.15) is 4.99 Å². The number of nitrogens with zero attached hydrogens (tertiary/aromatic N) is 2. The summed E-state index contributed by atoms with van der Waals surface area (Å²) in [7, 11) is 0. The third-order valence-corrected chi connectivity index (χ3v) is 5.83. The number of hydrogen-bond acceptors (Lipinski definition) is 3. The van der Waals surface area contributed by atoms with E-state index in [2.05, 4.69) is 36.9 Å². The van der Waals surface area contributed by atoms with Crippen LogP contribution in [0, 0.1) is 26.2 Å². The van der Waals surface area contributed by atoms with Gasteiger partial charge in [-0.3, -0.25) is 4.79 Å². The molecule has 0 aliphatic heterocycles. The second kappa shape index (κ2) is 7.30. The lowest BCUT2D eigenvalue weighted by molar-refractivity contribution is 0.0997. The van der Waals surface area contributed by atoms with Crippen molar-refractivity contribution in [1.82, 2.24) is 4.57 Å². The normalized spacial score (nSPS) is 11.7. The minimum Gasteiger partial charge on any atom is -0.305 e. The maximum absolute atomic E-state index is 12.6. The molecule has 0 unspecified atom stereocenters. The van der Waals surface area contributed by atoms with Crippen molar-refractivity contribution >= 4 is 39.2 Å². The highest BCUT2D eigenvalue weighted by Gasteiger charge is 2.10. The Morgan fingerprint density at radius 2 is 2.04 bits per heavy atom. The summed E-state index contributed by atoms with van der Waals surface area (Å²) < 4.78 is 3.02. The summed E-state index contributed by atoms with van der Waals surface area (Å²) in [6, 6.07) is 11.7. The first-order valence-corrected chi connectivity index (χ1v) is 9.84. The molecule has 0 bridgehead atoms. The number of thiazole rings is 1. The lowest BCUT2D eigenvalue weighted by Crippen LogP contribution is -2.16. The highest BCUT2D eigenvalue weighted by molar-refractivity contribution is 7.98. The Labute approximate surface area is 155 Å². The summed E-state index contributed by atoms with van der Waals surface area (Å²) in [5.74, 6) is 2.41. The summed E-state index contributed by atoms with van der Waals surface area (Å²) in [5, 5.41) is 0. The lowest BCUT2D eigenvalue weighted by atomic mass is 10.1. The fraction of sp³-hybridized carbons (Fsp3) is 0.200. The van der Waals surface area contributed by atoms with Crippen molar-refractivity contribution in [3.63, 3.8) is 0 Å². The summed E-state index contributed by atoms with van der Waals surface area (Å²) in [6.45, 7) is 4.54. The molecule has 0 atom stereocenters.